The van der Waals surface area contributed by atoms with Gasteiger partial charge in [0.25, 0.3) is 0 Å². The van der Waals surface area contributed by atoms with E-state index in [1.807, 2.05) is 30.5 Å². The van der Waals surface area contributed by atoms with Gasteiger partial charge in [-0.1, -0.05) is 32.1 Å². The average molecular weight is 490 g/mol. The molecule has 0 saturated carbocycles. The number of benzene rings is 1. The molecule has 5 aromatic heterocycles. The van der Waals surface area contributed by atoms with Crippen LogP contribution >= 0.6 is 0 Å². The Kier molecular flexibility index (Phi) is 5.69. The number of anilines is 1. The van der Waals surface area contributed by atoms with Crippen LogP contribution in [0.3, 0.4) is 0 Å². The molecule has 0 aliphatic rings. The number of aromatic amines is 2. The maximum absolute atomic E-state index is 13.9. The molecule has 0 aliphatic heterocycles. The highest BCUT2D eigenvalue weighted by molar-refractivity contribution is 5.99. The molecule has 0 aliphatic carbocycles. The van der Waals surface area contributed by atoms with Crippen LogP contribution in [0.4, 0.5) is 10.1 Å². The molecular weight excluding hydrogens is 465 g/mol. The number of nitrogens with zero attached hydrogens (tertiary/aromatic N) is 4. The first-order valence-electron chi connectivity index (χ1n) is 12.1. The molecule has 182 valence electrons. The second kappa shape index (κ2) is 9.31. The third-order valence-electron chi connectivity index (χ3n) is 6.29. The first kappa shape index (κ1) is 22.6. The molecule has 37 heavy (non-hydrogen) atoms. The van der Waals surface area contributed by atoms with E-state index in [2.05, 4.69) is 55.0 Å². The summed E-state index contributed by atoms with van der Waals surface area (Å²) >= 11 is 0. The van der Waals surface area contributed by atoms with E-state index in [1.165, 1.54) is 12.1 Å². The number of pyridine rings is 3. The van der Waals surface area contributed by atoms with Gasteiger partial charge >= 0.3 is 0 Å². The van der Waals surface area contributed by atoms with Crippen LogP contribution in [-0.2, 0) is 0 Å². The molecule has 0 amide bonds. The second-order valence-electron chi connectivity index (χ2n) is 8.95. The average Bonchev–Trinajstić information content (AvgIpc) is 3.52. The zero-order valence-electron chi connectivity index (χ0n) is 20.2. The maximum Gasteiger partial charge on any atom is 0.181 e. The first-order valence-corrected chi connectivity index (χ1v) is 12.1. The smallest absolute Gasteiger partial charge is 0.181 e. The van der Waals surface area contributed by atoms with E-state index in [0.29, 0.717) is 11.3 Å². The monoisotopic (exact) mass is 489 g/mol. The minimum atomic E-state index is -0.278. The van der Waals surface area contributed by atoms with E-state index in [0.717, 1.165) is 68.6 Å². The molecule has 3 N–H and O–H groups in total. The highest BCUT2D eigenvalue weighted by atomic mass is 19.1. The van der Waals surface area contributed by atoms with Crippen LogP contribution in [0.2, 0.25) is 0 Å². The van der Waals surface area contributed by atoms with Crippen LogP contribution in [0.1, 0.15) is 19.8 Å². The van der Waals surface area contributed by atoms with E-state index in [-0.39, 0.29) is 5.82 Å². The van der Waals surface area contributed by atoms with Gasteiger partial charge in [-0.15, -0.1) is 0 Å². The number of nitrogens with one attached hydrogen (secondary N) is 3. The molecular formula is C29H24FN7. The van der Waals surface area contributed by atoms with Crippen molar-refractivity contribution >= 4 is 27.8 Å². The third kappa shape index (κ3) is 4.33. The van der Waals surface area contributed by atoms with Gasteiger partial charge in [0.1, 0.15) is 11.5 Å². The predicted molar refractivity (Wildman–Crippen MR) is 145 cm³/mol. The number of allylic oxidation sites excluding steroid dienone is 1. The van der Waals surface area contributed by atoms with Gasteiger partial charge in [0, 0.05) is 46.2 Å². The summed E-state index contributed by atoms with van der Waals surface area (Å²) in [4.78, 5) is 16.8. The number of hydrogen-bond donors (Lipinski definition) is 3. The standard InChI is InChI=1S/C29H24FN7/c1-3-5-17(2)34-22-11-19(14-31-16-22)20-12-25-27(36-37-29(25)33-15-20)26-13-24-23(8-9-32-28(24)35-26)18-6-4-7-21(30)10-18/h4,6-16,34H,2-3,5H2,1H3,(H,32,35)(H,33,36,37). The normalized spacial score (nSPS) is 11.3. The van der Waals surface area contributed by atoms with E-state index in [1.54, 1.807) is 24.7 Å². The maximum atomic E-state index is 13.9. The fraction of sp³-hybridized carbons (Fsp3) is 0.103. The Balaban J connectivity index is 1.40. The largest absolute Gasteiger partial charge is 0.358 e. The number of hydrogen-bond acceptors (Lipinski definition) is 5. The summed E-state index contributed by atoms with van der Waals surface area (Å²) in [5.74, 6) is -0.278. The van der Waals surface area contributed by atoms with Crippen molar-refractivity contribution in [2.24, 2.45) is 0 Å². The van der Waals surface area contributed by atoms with Crippen LogP contribution in [0, 0.1) is 5.82 Å². The van der Waals surface area contributed by atoms with Crippen LogP contribution in [0.5, 0.6) is 0 Å². The minimum absolute atomic E-state index is 0.278. The number of halogens is 1. The van der Waals surface area contributed by atoms with Crippen molar-refractivity contribution in [2.75, 3.05) is 5.32 Å². The zero-order chi connectivity index (χ0) is 25.4. The topological polar surface area (TPSA) is 95.2 Å². The fourth-order valence-corrected chi connectivity index (χ4v) is 4.57. The van der Waals surface area contributed by atoms with E-state index < -0.39 is 0 Å². The van der Waals surface area contributed by atoms with Crippen LogP contribution in [0.15, 0.2) is 85.6 Å². The lowest BCUT2D eigenvalue weighted by Gasteiger charge is -2.09. The number of fused-ring (bicyclic) bond motifs is 2. The Hall–Kier alpha value is -4.85. The fourth-order valence-electron chi connectivity index (χ4n) is 4.57. The Morgan fingerprint density at radius 1 is 0.973 bits per heavy atom. The lowest BCUT2D eigenvalue weighted by atomic mass is 10.0. The summed E-state index contributed by atoms with van der Waals surface area (Å²) in [6.07, 6.45) is 9.04. The summed E-state index contributed by atoms with van der Waals surface area (Å²) in [6, 6.07) is 14.5. The number of H-pyrrole nitrogens is 2. The molecule has 1 aromatic carbocycles. The molecule has 0 bridgehead atoms. The van der Waals surface area contributed by atoms with Gasteiger partial charge in [0.2, 0.25) is 0 Å². The highest BCUT2D eigenvalue weighted by Gasteiger charge is 2.15. The molecule has 0 radical (unpaired) electrons. The van der Waals surface area contributed by atoms with Crippen molar-refractivity contribution < 1.29 is 4.39 Å². The molecule has 7 nitrogen and oxygen atoms in total. The summed E-state index contributed by atoms with van der Waals surface area (Å²) in [5, 5.41) is 12.6. The first-order chi connectivity index (χ1) is 18.1. The van der Waals surface area contributed by atoms with Gasteiger partial charge in [0.15, 0.2) is 5.65 Å². The Morgan fingerprint density at radius 3 is 2.73 bits per heavy atom. The second-order valence-corrected chi connectivity index (χ2v) is 8.95. The van der Waals surface area contributed by atoms with Crippen LogP contribution in [-0.4, -0.2) is 30.1 Å². The third-order valence-corrected chi connectivity index (χ3v) is 6.29. The number of rotatable bonds is 7. The van der Waals surface area contributed by atoms with Crippen molar-refractivity contribution in [3.63, 3.8) is 0 Å². The molecule has 0 saturated heterocycles. The summed E-state index contributed by atoms with van der Waals surface area (Å²) in [7, 11) is 0. The van der Waals surface area contributed by atoms with E-state index in [9.17, 15) is 4.39 Å². The van der Waals surface area contributed by atoms with Gasteiger partial charge in [-0.05, 0) is 53.9 Å². The molecule has 6 rings (SSSR count). The number of aromatic nitrogens is 6. The Bertz CT molecular complexity index is 1770. The molecule has 6 aromatic rings. The zero-order valence-corrected chi connectivity index (χ0v) is 20.2. The minimum Gasteiger partial charge on any atom is -0.358 e. The van der Waals surface area contributed by atoms with Gasteiger partial charge in [0.05, 0.1) is 23.3 Å². The predicted octanol–water partition coefficient (Wildman–Crippen LogP) is 7.10. The SMILES string of the molecule is C=C(CCC)Nc1cncc(-c2cnc3n[nH]c(-c4cc5c(-c6cccc(F)c6)ccnc5[nH]4)c3c2)c1. The van der Waals surface area contributed by atoms with Crippen molar-refractivity contribution in [2.45, 2.75) is 19.8 Å². The molecule has 0 unspecified atom stereocenters. The van der Waals surface area contributed by atoms with E-state index in [4.69, 9.17) is 0 Å². The van der Waals surface area contributed by atoms with Gasteiger partial charge < -0.3 is 10.3 Å². The van der Waals surface area contributed by atoms with E-state index >= 15 is 0 Å². The lowest BCUT2D eigenvalue weighted by molar-refractivity contribution is 0.628. The highest BCUT2D eigenvalue weighted by Crippen LogP contribution is 2.34. The van der Waals surface area contributed by atoms with Crippen LogP contribution < -0.4 is 5.32 Å². The lowest BCUT2D eigenvalue weighted by Crippen LogP contribution is -1.98. The van der Waals surface area contributed by atoms with Crippen LogP contribution in [0.25, 0.3) is 55.7 Å². The molecule has 5 heterocycles. The van der Waals surface area contributed by atoms with Crippen molar-refractivity contribution in [3.05, 3.63) is 91.4 Å². The quantitative estimate of drug-likeness (QED) is 0.222. The summed E-state index contributed by atoms with van der Waals surface area (Å²) in [5.41, 5.74) is 8.31. The Labute approximate surface area is 212 Å². The molecule has 0 spiro atoms. The summed E-state index contributed by atoms with van der Waals surface area (Å²) < 4.78 is 13.9. The van der Waals surface area contributed by atoms with Crippen molar-refractivity contribution in [1.82, 2.24) is 30.1 Å². The molecule has 8 heteroatoms. The molecule has 0 atom stereocenters. The van der Waals surface area contributed by atoms with Crippen molar-refractivity contribution in [1.29, 1.82) is 0 Å². The van der Waals surface area contributed by atoms with Gasteiger partial charge in [-0.2, -0.15) is 5.10 Å². The Morgan fingerprint density at radius 2 is 1.86 bits per heavy atom. The van der Waals surface area contributed by atoms with Crippen molar-refractivity contribution in [3.8, 4) is 33.6 Å². The molecule has 0 fully saturated rings. The van der Waals surface area contributed by atoms with Gasteiger partial charge in [-0.25, -0.2) is 14.4 Å². The summed E-state index contributed by atoms with van der Waals surface area (Å²) in [6.45, 7) is 6.20. The van der Waals surface area contributed by atoms with Gasteiger partial charge in [-0.3, -0.25) is 10.1 Å².